The zero-order chi connectivity index (χ0) is 19.9. The Hall–Kier alpha value is -2.17. The van der Waals surface area contributed by atoms with E-state index in [0.29, 0.717) is 6.61 Å². The molecule has 27 heavy (non-hydrogen) atoms. The Morgan fingerprint density at radius 1 is 1.00 bits per heavy atom. The first-order chi connectivity index (χ1) is 12.8. The van der Waals surface area contributed by atoms with Crippen LogP contribution in [0.5, 0.6) is 0 Å². The molecule has 0 aliphatic heterocycles. The number of hydrogen-bond donors (Lipinski definition) is 0. The van der Waals surface area contributed by atoms with Crippen molar-refractivity contribution in [2.45, 2.75) is 45.8 Å². The summed E-state index contributed by atoms with van der Waals surface area (Å²) in [4.78, 5) is 11.7. The van der Waals surface area contributed by atoms with Gasteiger partial charge in [-0.1, -0.05) is 87.5 Å². The van der Waals surface area contributed by atoms with Crippen LogP contribution in [-0.4, -0.2) is 27.0 Å². The second kappa shape index (κ2) is 9.15. The van der Waals surface area contributed by atoms with E-state index in [1.165, 1.54) is 16.4 Å². The molecule has 0 bridgehead atoms. The SMILES string of the molecule is CCOC(=O)/C=C/[C@@H](C)O[Si](c1ccccc1)(c1ccccc1)C(C)(C)C. The van der Waals surface area contributed by atoms with E-state index >= 15 is 0 Å². The molecule has 2 rings (SSSR count). The molecule has 0 N–H and O–H groups in total. The first kappa shape index (κ1) is 21.1. The van der Waals surface area contributed by atoms with Crippen LogP contribution in [0.3, 0.4) is 0 Å². The fourth-order valence-electron chi connectivity index (χ4n) is 3.41. The molecule has 0 aliphatic carbocycles. The summed E-state index contributed by atoms with van der Waals surface area (Å²) in [6.45, 7) is 10.9. The van der Waals surface area contributed by atoms with Gasteiger partial charge >= 0.3 is 5.97 Å². The summed E-state index contributed by atoms with van der Waals surface area (Å²) >= 11 is 0. The van der Waals surface area contributed by atoms with Crippen molar-refractivity contribution in [2.75, 3.05) is 6.61 Å². The van der Waals surface area contributed by atoms with Gasteiger partial charge in [-0.15, -0.1) is 0 Å². The van der Waals surface area contributed by atoms with Gasteiger partial charge in [-0.25, -0.2) is 4.79 Å². The van der Waals surface area contributed by atoms with E-state index in [1.807, 2.05) is 19.1 Å². The smallest absolute Gasteiger partial charge is 0.330 e. The van der Waals surface area contributed by atoms with Crippen molar-refractivity contribution < 1.29 is 14.0 Å². The summed E-state index contributed by atoms with van der Waals surface area (Å²) < 4.78 is 11.8. The molecule has 0 saturated carbocycles. The van der Waals surface area contributed by atoms with E-state index in [0.717, 1.165) is 0 Å². The van der Waals surface area contributed by atoms with Gasteiger partial charge in [0.25, 0.3) is 8.32 Å². The van der Waals surface area contributed by atoms with Gasteiger partial charge in [0.2, 0.25) is 0 Å². The highest BCUT2D eigenvalue weighted by atomic mass is 28.4. The number of carbonyl (C=O) groups excluding carboxylic acids is 1. The van der Waals surface area contributed by atoms with Crippen molar-refractivity contribution in [3.8, 4) is 0 Å². The van der Waals surface area contributed by atoms with E-state index in [4.69, 9.17) is 9.16 Å². The topological polar surface area (TPSA) is 35.5 Å². The van der Waals surface area contributed by atoms with E-state index in [2.05, 4.69) is 69.3 Å². The standard InChI is InChI=1S/C23H30O3Si/c1-6-25-22(24)18-17-19(2)26-27(23(3,4)5,20-13-9-7-10-14-20)21-15-11-8-12-16-21/h7-19H,6H2,1-5H3/b18-17+/t19-/m1/s1. The highest BCUT2D eigenvalue weighted by molar-refractivity contribution is 6.99. The fraction of sp³-hybridized carbons (Fsp3) is 0.348. The average Bonchev–Trinajstić information content (AvgIpc) is 2.65. The van der Waals surface area contributed by atoms with Crippen molar-refractivity contribution in [3.05, 3.63) is 72.8 Å². The molecule has 2 aromatic rings. The van der Waals surface area contributed by atoms with E-state index in [1.54, 1.807) is 13.0 Å². The lowest BCUT2D eigenvalue weighted by molar-refractivity contribution is -0.137. The Morgan fingerprint density at radius 3 is 1.89 bits per heavy atom. The molecule has 0 unspecified atom stereocenters. The maximum atomic E-state index is 11.7. The quantitative estimate of drug-likeness (QED) is 0.411. The van der Waals surface area contributed by atoms with Gasteiger partial charge in [0.15, 0.2) is 0 Å². The molecular formula is C23H30O3Si. The lowest BCUT2D eigenvalue weighted by Gasteiger charge is -2.44. The van der Waals surface area contributed by atoms with Crippen LogP contribution >= 0.6 is 0 Å². The van der Waals surface area contributed by atoms with Crippen LogP contribution in [0.4, 0.5) is 0 Å². The summed E-state index contributed by atoms with van der Waals surface area (Å²) in [6, 6.07) is 20.9. The molecule has 0 spiro atoms. The molecule has 1 atom stereocenters. The van der Waals surface area contributed by atoms with Crippen LogP contribution in [0, 0.1) is 0 Å². The third kappa shape index (κ3) is 4.96. The predicted octanol–water partition coefficient (Wildman–Crippen LogP) is 4.07. The van der Waals surface area contributed by atoms with Gasteiger partial charge in [-0.05, 0) is 29.3 Å². The molecule has 3 nitrogen and oxygen atoms in total. The molecule has 144 valence electrons. The third-order valence-electron chi connectivity index (χ3n) is 4.57. The van der Waals surface area contributed by atoms with Gasteiger partial charge in [0.1, 0.15) is 0 Å². The summed E-state index contributed by atoms with van der Waals surface area (Å²) in [5.41, 5.74) is 0. The molecule has 0 heterocycles. The first-order valence-corrected chi connectivity index (χ1v) is 11.4. The number of carbonyl (C=O) groups is 1. The summed E-state index contributed by atoms with van der Waals surface area (Å²) in [5.74, 6) is -0.338. The molecule has 2 aromatic carbocycles. The minimum absolute atomic E-state index is 0.0955. The van der Waals surface area contributed by atoms with Crippen molar-refractivity contribution in [1.29, 1.82) is 0 Å². The maximum Gasteiger partial charge on any atom is 0.330 e. The monoisotopic (exact) mass is 382 g/mol. The highest BCUT2D eigenvalue weighted by Gasteiger charge is 2.50. The molecule has 0 aromatic heterocycles. The number of esters is 1. The van der Waals surface area contributed by atoms with Crippen LogP contribution in [-0.2, 0) is 14.0 Å². The fourth-order valence-corrected chi connectivity index (χ4v) is 8.06. The summed E-state index contributed by atoms with van der Waals surface area (Å²) in [6.07, 6.45) is 3.03. The van der Waals surface area contributed by atoms with Gasteiger partial charge in [0, 0.05) is 6.08 Å². The molecule has 0 saturated heterocycles. The number of ether oxygens (including phenoxy) is 1. The number of benzene rings is 2. The second-order valence-electron chi connectivity index (χ2n) is 7.60. The molecular weight excluding hydrogens is 352 g/mol. The zero-order valence-electron chi connectivity index (χ0n) is 16.9. The minimum Gasteiger partial charge on any atom is -0.463 e. The Morgan fingerprint density at radius 2 is 1.48 bits per heavy atom. The van der Waals surface area contributed by atoms with Crippen LogP contribution in [0.15, 0.2) is 72.8 Å². The minimum atomic E-state index is -2.61. The van der Waals surface area contributed by atoms with Crippen molar-refractivity contribution in [3.63, 3.8) is 0 Å². The molecule has 0 aliphatic rings. The van der Waals surface area contributed by atoms with E-state index < -0.39 is 8.32 Å². The van der Waals surface area contributed by atoms with Gasteiger partial charge in [-0.3, -0.25) is 0 Å². The maximum absolute atomic E-state index is 11.7. The Labute approximate surface area is 164 Å². The summed E-state index contributed by atoms with van der Waals surface area (Å²) in [5, 5.41) is 2.35. The van der Waals surface area contributed by atoms with E-state index in [-0.39, 0.29) is 17.1 Å². The molecule has 0 amide bonds. The molecule has 4 heteroatoms. The Balaban J connectivity index is 2.51. The van der Waals surface area contributed by atoms with Crippen LogP contribution in [0.1, 0.15) is 34.6 Å². The van der Waals surface area contributed by atoms with Crippen molar-refractivity contribution >= 4 is 24.7 Å². The second-order valence-corrected chi connectivity index (χ2v) is 11.9. The van der Waals surface area contributed by atoms with Gasteiger partial charge in [0.05, 0.1) is 12.7 Å². The van der Waals surface area contributed by atoms with Crippen molar-refractivity contribution in [2.24, 2.45) is 0 Å². The number of rotatable bonds is 7. The summed E-state index contributed by atoms with van der Waals surface area (Å²) in [7, 11) is -2.61. The normalized spacial score (nSPS) is 13.5. The van der Waals surface area contributed by atoms with E-state index in [9.17, 15) is 4.79 Å². The van der Waals surface area contributed by atoms with Crippen LogP contribution < -0.4 is 10.4 Å². The molecule has 0 radical (unpaired) electrons. The third-order valence-corrected chi connectivity index (χ3v) is 9.70. The number of hydrogen-bond acceptors (Lipinski definition) is 3. The largest absolute Gasteiger partial charge is 0.463 e. The zero-order valence-corrected chi connectivity index (χ0v) is 17.9. The van der Waals surface area contributed by atoms with Crippen LogP contribution in [0.2, 0.25) is 5.04 Å². The van der Waals surface area contributed by atoms with Crippen LogP contribution in [0.25, 0.3) is 0 Å². The lowest BCUT2D eigenvalue weighted by atomic mass is 10.2. The Kier molecular flexibility index (Phi) is 7.16. The van der Waals surface area contributed by atoms with Gasteiger partial charge < -0.3 is 9.16 Å². The predicted molar refractivity (Wildman–Crippen MR) is 114 cm³/mol. The first-order valence-electron chi connectivity index (χ1n) is 9.45. The highest BCUT2D eigenvalue weighted by Crippen LogP contribution is 2.37. The Bertz CT molecular complexity index is 709. The van der Waals surface area contributed by atoms with Gasteiger partial charge in [-0.2, -0.15) is 0 Å². The molecule has 0 fully saturated rings. The lowest BCUT2D eigenvalue weighted by Crippen LogP contribution is -2.67. The van der Waals surface area contributed by atoms with Crippen molar-refractivity contribution in [1.82, 2.24) is 0 Å². The average molecular weight is 383 g/mol.